The first-order valence-corrected chi connectivity index (χ1v) is 4.31. The number of carbonyl (C=O) groups is 2. The number of rotatable bonds is 1. The van der Waals surface area contributed by atoms with Crippen LogP contribution >= 0.6 is 0 Å². The van der Waals surface area contributed by atoms with Gasteiger partial charge in [0.25, 0.3) is 11.8 Å². The van der Waals surface area contributed by atoms with E-state index in [0.717, 1.165) is 4.90 Å². The Hall–Kier alpha value is -1.98. The molecule has 0 bridgehead atoms. The van der Waals surface area contributed by atoms with Crippen molar-refractivity contribution < 1.29 is 14.3 Å². The number of hydrogen-bond acceptors (Lipinski definition) is 5. The summed E-state index contributed by atoms with van der Waals surface area (Å²) >= 11 is 0. The second kappa shape index (κ2) is 3.01. The zero-order chi connectivity index (χ0) is 11.2. The summed E-state index contributed by atoms with van der Waals surface area (Å²) in [5.41, 5.74) is 0.931. The van der Waals surface area contributed by atoms with Crippen LogP contribution in [0.4, 0.5) is 0 Å². The predicted octanol–water partition coefficient (Wildman–Crippen LogP) is 0.0194. The molecular formula is C9H9N3O3. The fourth-order valence-corrected chi connectivity index (χ4v) is 1.53. The van der Waals surface area contributed by atoms with E-state index in [1.807, 2.05) is 0 Å². The van der Waals surface area contributed by atoms with Gasteiger partial charge in [0, 0.05) is 12.6 Å². The van der Waals surface area contributed by atoms with Gasteiger partial charge in [0.05, 0.1) is 12.7 Å². The van der Waals surface area contributed by atoms with Crippen LogP contribution in [-0.4, -0.2) is 41.1 Å². The molecule has 0 fully saturated rings. The standard InChI is InChI=1S/C9H9N3O3/c1-4-5-6(10-11-7(4)15-3)9(14)12(2)8(5)13/h1-3H3. The van der Waals surface area contributed by atoms with Crippen LogP contribution in [0, 0.1) is 6.92 Å². The molecule has 1 aromatic heterocycles. The quantitative estimate of drug-likeness (QED) is 0.607. The molecule has 1 aromatic rings. The Morgan fingerprint density at radius 1 is 1.20 bits per heavy atom. The first-order chi connectivity index (χ1) is 7.07. The molecule has 0 unspecified atom stereocenters. The third-order valence-electron chi connectivity index (χ3n) is 2.39. The molecule has 0 aliphatic carbocycles. The van der Waals surface area contributed by atoms with Crippen molar-refractivity contribution >= 4 is 11.8 Å². The summed E-state index contributed by atoms with van der Waals surface area (Å²) in [4.78, 5) is 24.2. The molecule has 0 saturated carbocycles. The minimum atomic E-state index is -0.423. The molecule has 0 atom stereocenters. The van der Waals surface area contributed by atoms with Crippen molar-refractivity contribution in [3.05, 3.63) is 16.8 Å². The monoisotopic (exact) mass is 207 g/mol. The average molecular weight is 207 g/mol. The van der Waals surface area contributed by atoms with E-state index in [0.29, 0.717) is 5.56 Å². The van der Waals surface area contributed by atoms with Gasteiger partial charge in [-0.2, -0.15) is 0 Å². The van der Waals surface area contributed by atoms with E-state index < -0.39 is 5.91 Å². The molecule has 0 saturated heterocycles. The van der Waals surface area contributed by atoms with Crippen LogP contribution in [0.2, 0.25) is 0 Å². The lowest BCUT2D eigenvalue weighted by Crippen LogP contribution is -2.24. The Labute approximate surface area is 85.9 Å². The molecular weight excluding hydrogens is 198 g/mol. The summed E-state index contributed by atoms with van der Waals surface area (Å²) < 4.78 is 4.93. The molecule has 0 aromatic carbocycles. The number of imide groups is 1. The fourth-order valence-electron chi connectivity index (χ4n) is 1.53. The number of hydrogen-bond donors (Lipinski definition) is 0. The van der Waals surface area contributed by atoms with Crippen LogP contribution in [-0.2, 0) is 0 Å². The molecule has 1 aliphatic rings. The molecule has 0 N–H and O–H groups in total. The molecule has 6 heteroatoms. The number of ether oxygens (including phenoxy) is 1. The highest BCUT2D eigenvalue weighted by molar-refractivity contribution is 6.20. The minimum absolute atomic E-state index is 0.0980. The van der Waals surface area contributed by atoms with Crippen LogP contribution in [0.25, 0.3) is 0 Å². The van der Waals surface area contributed by atoms with Gasteiger partial charge in [0.15, 0.2) is 5.69 Å². The van der Waals surface area contributed by atoms with E-state index in [2.05, 4.69) is 10.2 Å². The number of nitrogens with zero attached hydrogens (tertiary/aromatic N) is 3. The maximum absolute atomic E-state index is 11.7. The summed E-state index contributed by atoms with van der Waals surface area (Å²) in [5.74, 6) is -0.515. The van der Waals surface area contributed by atoms with E-state index in [1.54, 1.807) is 6.92 Å². The highest BCUT2D eigenvalue weighted by Gasteiger charge is 2.37. The Morgan fingerprint density at radius 3 is 2.47 bits per heavy atom. The van der Waals surface area contributed by atoms with Gasteiger partial charge in [-0.15, -0.1) is 10.2 Å². The molecule has 2 rings (SSSR count). The molecule has 2 heterocycles. The molecule has 2 amide bonds. The van der Waals surface area contributed by atoms with Crippen LogP contribution in [0.3, 0.4) is 0 Å². The van der Waals surface area contributed by atoms with E-state index >= 15 is 0 Å². The van der Waals surface area contributed by atoms with Crippen molar-refractivity contribution in [2.75, 3.05) is 14.2 Å². The normalized spacial score (nSPS) is 14.5. The Kier molecular flexibility index (Phi) is 1.92. The van der Waals surface area contributed by atoms with Gasteiger partial charge in [0.2, 0.25) is 5.88 Å². The van der Waals surface area contributed by atoms with Crippen molar-refractivity contribution in [1.29, 1.82) is 0 Å². The third kappa shape index (κ3) is 1.11. The van der Waals surface area contributed by atoms with Gasteiger partial charge >= 0.3 is 0 Å². The van der Waals surface area contributed by atoms with E-state index in [-0.39, 0.29) is 23.0 Å². The van der Waals surface area contributed by atoms with Crippen LogP contribution in [0.5, 0.6) is 5.88 Å². The maximum Gasteiger partial charge on any atom is 0.281 e. The molecule has 15 heavy (non-hydrogen) atoms. The van der Waals surface area contributed by atoms with Gasteiger partial charge in [-0.3, -0.25) is 14.5 Å². The number of amides is 2. The lowest BCUT2D eigenvalue weighted by molar-refractivity contribution is 0.0691. The number of carbonyl (C=O) groups excluding carboxylic acids is 2. The SMILES string of the molecule is COc1nnc2c(c1C)C(=O)N(C)C2=O. The van der Waals surface area contributed by atoms with Crippen molar-refractivity contribution in [2.24, 2.45) is 0 Å². The summed E-state index contributed by atoms with van der Waals surface area (Å²) in [6.45, 7) is 1.68. The van der Waals surface area contributed by atoms with E-state index in [4.69, 9.17) is 4.74 Å². The molecule has 0 radical (unpaired) electrons. The zero-order valence-electron chi connectivity index (χ0n) is 8.57. The molecule has 0 spiro atoms. The van der Waals surface area contributed by atoms with Gasteiger partial charge in [0.1, 0.15) is 0 Å². The second-order valence-electron chi connectivity index (χ2n) is 3.23. The maximum atomic E-state index is 11.7. The minimum Gasteiger partial charge on any atom is -0.480 e. The van der Waals surface area contributed by atoms with E-state index in [1.165, 1.54) is 14.2 Å². The van der Waals surface area contributed by atoms with Crippen LogP contribution in [0.1, 0.15) is 26.4 Å². The molecule has 6 nitrogen and oxygen atoms in total. The van der Waals surface area contributed by atoms with Crippen LogP contribution in [0.15, 0.2) is 0 Å². The fraction of sp³-hybridized carbons (Fsp3) is 0.333. The van der Waals surface area contributed by atoms with Gasteiger partial charge in [-0.25, -0.2) is 0 Å². The third-order valence-corrected chi connectivity index (χ3v) is 2.39. The second-order valence-corrected chi connectivity index (χ2v) is 3.23. The summed E-state index contributed by atoms with van der Waals surface area (Å²) in [6, 6.07) is 0. The lowest BCUT2D eigenvalue weighted by atomic mass is 10.1. The van der Waals surface area contributed by atoms with Crippen molar-refractivity contribution in [1.82, 2.24) is 15.1 Å². The summed E-state index contributed by atoms with van der Waals surface area (Å²) in [5, 5.41) is 7.40. The van der Waals surface area contributed by atoms with Gasteiger partial charge in [-0.1, -0.05) is 0 Å². The Morgan fingerprint density at radius 2 is 1.87 bits per heavy atom. The number of fused-ring (bicyclic) bond motifs is 1. The zero-order valence-corrected chi connectivity index (χ0v) is 8.57. The van der Waals surface area contributed by atoms with Crippen molar-refractivity contribution in [3.8, 4) is 5.88 Å². The van der Waals surface area contributed by atoms with Crippen molar-refractivity contribution in [3.63, 3.8) is 0 Å². The number of methoxy groups -OCH3 is 1. The summed E-state index contributed by atoms with van der Waals surface area (Å²) in [7, 11) is 2.85. The molecule has 78 valence electrons. The first-order valence-electron chi connectivity index (χ1n) is 4.31. The Balaban J connectivity index is 2.70. The van der Waals surface area contributed by atoms with Gasteiger partial charge < -0.3 is 4.74 Å². The number of aromatic nitrogens is 2. The summed E-state index contributed by atoms with van der Waals surface area (Å²) in [6.07, 6.45) is 0. The average Bonchev–Trinajstić information content (AvgIpc) is 2.45. The first kappa shape index (κ1) is 9.57. The largest absolute Gasteiger partial charge is 0.480 e. The smallest absolute Gasteiger partial charge is 0.281 e. The highest BCUT2D eigenvalue weighted by Crippen LogP contribution is 2.26. The lowest BCUT2D eigenvalue weighted by Gasteiger charge is -2.04. The topological polar surface area (TPSA) is 72.4 Å². The van der Waals surface area contributed by atoms with E-state index in [9.17, 15) is 9.59 Å². The molecule has 1 aliphatic heterocycles. The van der Waals surface area contributed by atoms with Crippen molar-refractivity contribution in [2.45, 2.75) is 6.92 Å². The predicted molar refractivity (Wildman–Crippen MR) is 49.7 cm³/mol. The highest BCUT2D eigenvalue weighted by atomic mass is 16.5. The van der Waals surface area contributed by atoms with Crippen LogP contribution < -0.4 is 4.74 Å². The Bertz CT molecular complexity index is 470. The van der Waals surface area contributed by atoms with Gasteiger partial charge in [-0.05, 0) is 6.92 Å².